The van der Waals surface area contributed by atoms with E-state index in [1.807, 2.05) is 12.1 Å². The van der Waals surface area contributed by atoms with E-state index in [1.165, 1.54) is 23.3 Å². The Labute approximate surface area is 149 Å². The molecule has 1 aliphatic carbocycles. The van der Waals surface area contributed by atoms with Gasteiger partial charge < -0.3 is 5.11 Å². The SMILES string of the molecule is CC[C@@H]1CCc2c(sc3ncn4nc(-c5ccccc5O)nc4c23)C1. The maximum absolute atomic E-state index is 10.1. The minimum absolute atomic E-state index is 0.195. The lowest BCUT2D eigenvalue weighted by atomic mass is 9.86. The number of aryl methyl sites for hydroxylation is 1. The summed E-state index contributed by atoms with van der Waals surface area (Å²) in [6.07, 6.45) is 6.44. The van der Waals surface area contributed by atoms with Crippen molar-refractivity contribution >= 4 is 27.2 Å². The quantitative estimate of drug-likeness (QED) is 0.588. The molecule has 0 saturated heterocycles. The van der Waals surface area contributed by atoms with E-state index < -0.39 is 0 Å². The number of phenolic OH excluding ortho intramolecular Hbond substituents is 1. The molecular weight excluding hydrogens is 332 g/mol. The van der Waals surface area contributed by atoms with Crippen LogP contribution in [0.4, 0.5) is 0 Å². The van der Waals surface area contributed by atoms with E-state index in [2.05, 4.69) is 17.0 Å². The Morgan fingerprint density at radius 1 is 1.32 bits per heavy atom. The van der Waals surface area contributed by atoms with E-state index in [0.717, 1.165) is 34.6 Å². The van der Waals surface area contributed by atoms with Crippen LogP contribution in [-0.4, -0.2) is 24.7 Å². The molecule has 0 unspecified atom stereocenters. The number of aromatic nitrogens is 4. The zero-order valence-electron chi connectivity index (χ0n) is 13.9. The van der Waals surface area contributed by atoms with E-state index in [4.69, 9.17) is 4.98 Å². The zero-order chi connectivity index (χ0) is 17.0. The van der Waals surface area contributed by atoms with Gasteiger partial charge in [-0.15, -0.1) is 16.4 Å². The smallest absolute Gasteiger partial charge is 0.185 e. The Morgan fingerprint density at radius 3 is 3.04 bits per heavy atom. The minimum Gasteiger partial charge on any atom is -0.507 e. The van der Waals surface area contributed by atoms with Crippen molar-refractivity contribution in [2.75, 3.05) is 0 Å². The summed E-state index contributed by atoms with van der Waals surface area (Å²) in [5.41, 5.74) is 2.89. The standard InChI is InChI=1S/C19H18N4OS/c1-2-11-7-8-13-15(9-11)25-19-16(13)18-21-17(22-23(18)10-20-19)12-5-3-4-6-14(12)24/h3-6,10-11,24H,2,7-9H2,1H3/t11-/m1/s1. The number of nitrogens with zero attached hydrogens (tertiary/aromatic N) is 4. The summed E-state index contributed by atoms with van der Waals surface area (Å²) in [5, 5.41) is 15.8. The second-order valence-corrected chi connectivity index (χ2v) is 7.75. The number of benzene rings is 1. The lowest BCUT2D eigenvalue weighted by Crippen LogP contribution is -2.11. The topological polar surface area (TPSA) is 63.3 Å². The van der Waals surface area contributed by atoms with Gasteiger partial charge in [-0.25, -0.2) is 14.5 Å². The molecule has 25 heavy (non-hydrogen) atoms. The van der Waals surface area contributed by atoms with Gasteiger partial charge in [-0.05, 0) is 42.9 Å². The Bertz CT molecular complexity index is 1100. The van der Waals surface area contributed by atoms with E-state index >= 15 is 0 Å². The monoisotopic (exact) mass is 350 g/mol. The summed E-state index contributed by atoms with van der Waals surface area (Å²) in [6.45, 7) is 2.27. The van der Waals surface area contributed by atoms with Crippen molar-refractivity contribution in [3.63, 3.8) is 0 Å². The fourth-order valence-corrected chi connectivity index (χ4v) is 5.06. The van der Waals surface area contributed by atoms with Gasteiger partial charge in [0.25, 0.3) is 0 Å². The van der Waals surface area contributed by atoms with Gasteiger partial charge in [0.05, 0.1) is 10.9 Å². The highest BCUT2D eigenvalue weighted by Crippen LogP contribution is 2.39. The van der Waals surface area contributed by atoms with E-state index in [-0.39, 0.29) is 5.75 Å². The summed E-state index contributed by atoms with van der Waals surface area (Å²) in [7, 11) is 0. The van der Waals surface area contributed by atoms with Crippen LogP contribution < -0.4 is 0 Å². The number of aromatic hydroxyl groups is 1. The molecule has 4 aromatic rings. The van der Waals surface area contributed by atoms with Crippen LogP contribution in [0.2, 0.25) is 0 Å². The first-order valence-electron chi connectivity index (χ1n) is 8.68. The number of rotatable bonds is 2. The molecule has 0 bridgehead atoms. The highest BCUT2D eigenvalue weighted by Gasteiger charge is 2.25. The van der Waals surface area contributed by atoms with Gasteiger partial charge in [0, 0.05) is 4.88 Å². The van der Waals surface area contributed by atoms with Crippen molar-refractivity contribution in [2.24, 2.45) is 5.92 Å². The highest BCUT2D eigenvalue weighted by molar-refractivity contribution is 7.19. The third-order valence-corrected chi connectivity index (χ3v) is 6.37. The van der Waals surface area contributed by atoms with Gasteiger partial charge in [0.1, 0.15) is 16.9 Å². The minimum atomic E-state index is 0.195. The average molecular weight is 350 g/mol. The van der Waals surface area contributed by atoms with Crippen LogP contribution in [0.1, 0.15) is 30.2 Å². The van der Waals surface area contributed by atoms with Gasteiger partial charge in [-0.1, -0.05) is 25.5 Å². The van der Waals surface area contributed by atoms with Crippen LogP contribution >= 0.6 is 11.3 Å². The summed E-state index contributed by atoms with van der Waals surface area (Å²) in [6, 6.07) is 7.18. The number of para-hydroxylation sites is 1. The van der Waals surface area contributed by atoms with Crippen molar-refractivity contribution in [2.45, 2.75) is 32.6 Å². The average Bonchev–Trinajstić information content (AvgIpc) is 3.21. The first-order valence-corrected chi connectivity index (χ1v) is 9.50. The molecule has 1 N–H and O–H groups in total. The predicted octanol–water partition coefficient (Wildman–Crippen LogP) is 4.23. The van der Waals surface area contributed by atoms with Crippen molar-refractivity contribution in [3.05, 3.63) is 41.0 Å². The summed E-state index contributed by atoms with van der Waals surface area (Å²) >= 11 is 1.80. The summed E-state index contributed by atoms with van der Waals surface area (Å²) in [4.78, 5) is 11.9. The van der Waals surface area contributed by atoms with Crippen LogP contribution in [0.25, 0.3) is 27.3 Å². The molecule has 6 heteroatoms. The maximum Gasteiger partial charge on any atom is 0.185 e. The maximum atomic E-state index is 10.1. The van der Waals surface area contributed by atoms with E-state index in [9.17, 15) is 5.11 Å². The molecule has 1 atom stereocenters. The van der Waals surface area contributed by atoms with Gasteiger partial charge >= 0.3 is 0 Å². The molecular formula is C19H18N4OS. The Hall–Kier alpha value is -2.47. The summed E-state index contributed by atoms with van der Waals surface area (Å²) in [5.74, 6) is 1.52. The second kappa shape index (κ2) is 5.52. The van der Waals surface area contributed by atoms with Crippen LogP contribution in [0, 0.1) is 5.92 Å². The van der Waals surface area contributed by atoms with Crippen molar-refractivity contribution < 1.29 is 5.11 Å². The van der Waals surface area contributed by atoms with E-state index in [1.54, 1.807) is 34.3 Å². The number of hydrogen-bond donors (Lipinski definition) is 1. The molecule has 5 nitrogen and oxygen atoms in total. The molecule has 1 aromatic carbocycles. The number of phenols is 1. The predicted molar refractivity (Wildman–Crippen MR) is 99.1 cm³/mol. The van der Waals surface area contributed by atoms with Crippen molar-refractivity contribution in [1.29, 1.82) is 0 Å². The Morgan fingerprint density at radius 2 is 2.20 bits per heavy atom. The van der Waals surface area contributed by atoms with E-state index in [0.29, 0.717) is 11.4 Å². The third kappa shape index (κ3) is 2.24. The third-order valence-electron chi connectivity index (χ3n) is 5.21. The first kappa shape index (κ1) is 14.8. The lowest BCUT2D eigenvalue weighted by Gasteiger charge is -2.20. The zero-order valence-corrected chi connectivity index (χ0v) is 14.8. The first-order chi connectivity index (χ1) is 12.2. The number of fused-ring (bicyclic) bond motifs is 5. The lowest BCUT2D eigenvalue weighted by molar-refractivity contribution is 0.451. The molecule has 0 radical (unpaired) electrons. The largest absolute Gasteiger partial charge is 0.507 e. The van der Waals surface area contributed by atoms with Crippen LogP contribution in [0.3, 0.4) is 0 Å². The fraction of sp³-hybridized carbons (Fsp3) is 0.316. The van der Waals surface area contributed by atoms with Crippen molar-refractivity contribution in [3.8, 4) is 17.1 Å². The van der Waals surface area contributed by atoms with Gasteiger partial charge in [-0.3, -0.25) is 0 Å². The number of hydrogen-bond acceptors (Lipinski definition) is 5. The van der Waals surface area contributed by atoms with Gasteiger partial charge in [0.2, 0.25) is 0 Å². The molecule has 5 rings (SSSR count). The van der Waals surface area contributed by atoms with Gasteiger partial charge in [0.15, 0.2) is 11.5 Å². The summed E-state index contributed by atoms with van der Waals surface area (Å²) < 4.78 is 1.74. The molecule has 126 valence electrons. The molecule has 1 aliphatic rings. The normalized spacial score (nSPS) is 17.2. The molecule has 0 amide bonds. The van der Waals surface area contributed by atoms with Gasteiger partial charge in [-0.2, -0.15) is 0 Å². The van der Waals surface area contributed by atoms with Crippen LogP contribution in [0.5, 0.6) is 5.75 Å². The van der Waals surface area contributed by atoms with Crippen molar-refractivity contribution in [1.82, 2.24) is 19.6 Å². The highest BCUT2D eigenvalue weighted by atomic mass is 32.1. The fourth-order valence-electron chi connectivity index (χ4n) is 3.77. The molecule has 3 heterocycles. The van der Waals surface area contributed by atoms with Crippen LogP contribution in [-0.2, 0) is 12.8 Å². The second-order valence-electron chi connectivity index (χ2n) is 6.67. The molecule has 0 saturated carbocycles. The molecule has 0 spiro atoms. The molecule has 0 aliphatic heterocycles. The number of thiophene rings is 1. The Balaban J connectivity index is 1.73. The molecule has 3 aromatic heterocycles. The Kier molecular flexibility index (Phi) is 3.28. The van der Waals surface area contributed by atoms with Crippen LogP contribution in [0.15, 0.2) is 30.6 Å². The molecule has 0 fully saturated rings.